The van der Waals surface area contributed by atoms with Gasteiger partial charge in [0.1, 0.15) is 12.2 Å². The maximum atomic E-state index is 12.7. The van der Waals surface area contributed by atoms with Crippen LogP contribution < -0.4 is 0 Å². The third-order valence-electron chi connectivity index (χ3n) is 4.43. The van der Waals surface area contributed by atoms with Crippen LogP contribution in [0, 0.1) is 0 Å². The van der Waals surface area contributed by atoms with Crippen molar-refractivity contribution in [1.29, 1.82) is 0 Å². The summed E-state index contributed by atoms with van der Waals surface area (Å²) < 4.78 is 1.94. The first-order chi connectivity index (χ1) is 11.7. The minimum absolute atomic E-state index is 0.0570. The molecular formula is C17H18N4O2S. The molecule has 2 aromatic heterocycles. The van der Waals surface area contributed by atoms with Gasteiger partial charge in [-0.2, -0.15) is 0 Å². The van der Waals surface area contributed by atoms with Gasteiger partial charge >= 0.3 is 0 Å². The van der Waals surface area contributed by atoms with Crippen molar-refractivity contribution in [1.82, 2.24) is 19.4 Å². The van der Waals surface area contributed by atoms with Crippen molar-refractivity contribution < 1.29 is 9.90 Å². The Morgan fingerprint density at radius 3 is 2.83 bits per heavy atom. The monoisotopic (exact) mass is 342 g/mol. The lowest BCUT2D eigenvalue weighted by molar-refractivity contribution is -0.133. The smallest absolute Gasteiger partial charge is 0.242 e. The fourth-order valence-electron chi connectivity index (χ4n) is 3.10. The first kappa shape index (κ1) is 15.3. The Hall–Kier alpha value is -2.25. The van der Waals surface area contributed by atoms with E-state index in [-0.39, 0.29) is 18.6 Å². The number of likely N-dealkylation sites (tertiary alicyclic amines) is 1. The lowest BCUT2D eigenvalue weighted by Gasteiger charge is -2.29. The van der Waals surface area contributed by atoms with E-state index in [0.717, 1.165) is 22.6 Å². The van der Waals surface area contributed by atoms with Crippen molar-refractivity contribution in [3.63, 3.8) is 0 Å². The van der Waals surface area contributed by atoms with Gasteiger partial charge in [0.05, 0.1) is 22.6 Å². The first-order valence-corrected chi connectivity index (χ1v) is 8.96. The van der Waals surface area contributed by atoms with Crippen LogP contribution in [-0.2, 0) is 11.3 Å². The number of rotatable bonds is 3. The summed E-state index contributed by atoms with van der Waals surface area (Å²) in [5, 5.41) is 11.6. The molecule has 0 unspecified atom stereocenters. The number of piperidine rings is 1. The molecule has 1 saturated heterocycles. The van der Waals surface area contributed by atoms with Gasteiger partial charge < -0.3 is 14.6 Å². The molecule has 1 aliphatic rings. The van der Waals surface area contributed by atoms with Gasteiger partial charge in [-0.3, -0.25) is 4.79 Å². The molecule has 0 saturated carbocycles. The number of hydrogen-bond acceptors (Lipinski definition) is 5. The average molecular weight is 342 g/mol. The summed E-state index contributed by atoms with van der Waals surface area (Å²) in [5.41, 5.74) is 4.36. The molecule has 24 heavy (non-hydrogen) atoms. The van der Waals surface area contributed by atoms with Crippen LogP contribution >= 0.6 is 11.3 Å². The Kier molecular flexibility index (Phi) is 4.03. The fourth-order valence-corrected chi connectivity index (χ4v) is 3.64. The van der Waals surface area contributed by atoms with E-state index in [4.69, 9.17) is 0 Å². The van der Waals surface area contributed by atoms with E-state index in [9.17, 15) is 9.90 Å². The number of aromatic nitrogens is 3. The highest BCUT2D eigenvalue weighted by Crippen LogP contribution is 2.25. The normalized spacial score (nSPS) is 16.0. The topological polar surface area (TPSA) is 71.2 Å². The number of para-hydroxylation sites is 2. The van der Waals surface area contributed by atoms with Crippen molar-refractivity contribution in [3.05, 3.63) is 35.2 Å². The van der Waals surface area contributed by atoms with E-state index >= 15 is 0 Å². The number of aliphatic hydroxyl groups excluding tert-OH is 1. The van der Waals surface area contributed by atoms with Gasteiger partial charge in [-0.15, -0.1) is 11.3 Å². The SMILES string of the molecule is O=C(Cn1c(-c2cscn2)nc2ccccc21)N1CCC(O)CC1. The van der Waals surface area contributed by atoms with Crippen molar-refractivity contribution in [2.75, 3.05) is 13.1 Å². The molecule has 4 rings (SSSR count). The predicted octanol–water partition coefficient (Wildman–Crippen LogP) is 2.14. The summed E-state index contributed by atoms with van der Waals surface area (Å²) in [7, 11) is 0. The number of carbonyl (C=O) groups excluding carboxylic acids is 1. The Bertz CT molecular complexity index is 851. The number of amides is 1. The maximum Gasteiger partial charge on any atom is 0.242 e. The standard InChI is InChI=1S/C17H18N4O2S/c22-12-5-7-20(8-6-12)16(23)9-21-15-4-2-1-3-13(15)19-17(21)14-10-24-11-18-14/h1-4,10-12,22H,5-9H2. The number of thiazole rings is 1. The largest absolute Gasteiger partial charge is 0.393 e. The van der Waals surface area contributed by atoms with Crippen molar-refractivity contribution in [3.8, 4) is 11.5 Å². The van der Waals surface area contributed by atoms with Crippen molar-refractivity contribution in [2.45, 2.75) is 25.5 Å². The van der Waals surface area contributed by atoms with E-state index in [1.807, 2.05) is 39.1 Å². The number of imidazole rings is 1. The van der Waals surface area contributed by atoms with Gasteiger partial charge in [-0.05, 0) is 25.0 Å². The van der Waals surface area contributed by atoms with Gasteiger partial charge in [-0.1, -0.05) is 12.1 Å². The van der Waals surface area contributed by atoms with Gasteiger partial charge in [0.15, 0.2) is 5.82 Å². The van der Waals surface area contributed by atoms with Crippen LogP contribution in [0.4, 0.5) is 0 Å². The maximum absolute atomic E-state index is 12.7. The Morgan fingerprint density at radius 1 is 1.29 bits per heavy atom. The third-order valence-corrected chi connectivity index (χ3v) is 5.01. The van der Waals surface area contributed by atoms with Gasteiger partial charge in [-0.25, -0.2) is 9.97 Å². The Balaban J connectivity index is 1.67. The number of benzene rings is 1. The Labute approximate surface area is 143 Å². The first-order valence-electron chi connectivity index (χ1n) is 8.02. The summed E-state index contributed by atoms with van der Waals surface area (Å²) in [6.07, 6.45) is 1.01. The van der Waals surface area contributed by atoms with E-state index in [2.05, 4.69) is 9.97 Å². The molecule has 0 atom stereocenters. The molecule has 1 fully saturated rings. The average Bonchev–Trinajstić information content (AvgIpc) is 3.23. The molecule has 1 amide bonds. The van der Waals surface area contributed by atoms with Crippen LogP contribution in [0.15, 0.2) is 35.2 Å². The van der Waals surface area contributed by atoms with Crippen LogP contribution in [0.1, 0.15) is 12.8 Å². The lowest BCUT2D eigenvalue weighted by atomic mass is 10.1. The second kappa shape index (κ2) is 6.33. The minimum atomic E-state index is -0.284. The number of hydrogen-bond donors (Lipinski definition) is 1. The molecule has 0 bridgehead atoms. The van der Waals surface area contributed by atoms with Crippen LogP contribution in [0.2, 0.25) is 0 Å². The van der Waals surface area contributed by atoms with E-state index in [1.165, 1.54) is 11.3 Å². The zero-order valence-electron chi connectivity index (χ0n) is 13.1. The van der Waals surface area contributed by atoms with E-state index < -0.39 is 0 Å². The van der Waals surface area contributed by atoms with E-state index in [0.29, 0.717) is 25.9 Å². The molecule has 0 aliphatic carbocycles. The molecule has 1 aromatic carbocycles. The summed E-state index contributed by atoms with van der Waals surface area (Å²) in [4.78, 5) is 23.6. The highest BCUT2D eigenvalue weighted by molar-refractivity contribution is 7.07. The quantitative estimate of drug-likeness (QED) is 0.792. The van der Waals surface area contributed by atoms with Gasteiger partial charge in [0.25, 0.3) is 0 Å². The Morgan fingerprint density at radius 2 is 2.08 bits per heavy atom. The van der Waals surface area contributed by atoms with Crippen LogP contribution in [0.5, 0.6) is 0 Å². The molecule has 1 N–H and O–H groups in total. The van der Waals surface area contributed by atoms with Gasteiger partial charge in [0.2, 0.25) is 5.91 Å². The van der Waals surface area contributed by atoms with E-state index in [1.54, 1.807) is 5.51 Å². The number of aliphatic hydroxyl groups is 1. The summed E-state index contributed by atoms with van der Waals surface area (Å²) >= 11 is 1.51. The second-order valence-electron chi connectivity index (χ2n) is 6.00. The molecule has 0 spiro atoms. The molecule has 124 valence electrons. The molecular weight excluding hydrogens is 324 g/mol. The highest BCUT2D eigenvalue weighted by atomic mass is 32.1. The fraction of sp³-hybridized carbons (Fsp3) is 0.353. The molecule has 7 heteroatoms. The van der Waals surface area contributed by atoms with Crippen molar-refractivity contribution in [2.24, 2.45) is 0 Å². The molecule has 0 radical (unpaired) electrons. The summed E-state index contributed by atoms with van der Waals surface area (Å²) in [6.45, 7) is 1.46. The van der Waals surface area contributed by atoms with Crippen LogP contribution in [0.3, 0.4) is 0 Å². The van der Waals surface area contributed by atoms with Gasteiger partial charge in [0, 0.05) is 18.5 Å². The van der Waals surface area contributed by atoms with Crippen molar-refractivity contribution >= 4 is 28.3 Å². The number of nitrogens with zero attached hydrogens (tertiary/aromatic N) is 4. The molecule has 3 aromatic rings. The van der Waals surface area contributed by atoms with Crippen LogP contribution in [0.25, 0.3) is 22.6 Å². The molecule has 3 heterocycles. The lowest BCUT2D eigenvalue weighted by Crippen LogP contribution is -2.41. The van der Waals surface area contributed by atoms with Crippen LogP contribution in [-0.4, -0.2) is 49.6 Å². The predicted molar refractivity (Wildman–Crippen MR) is 92.7 cm³/mol. The zero-order valence-corrected chi connectivity index (χ0v) is 13.9. The molecule has 1 aliphatic heterocycles. The highest BCUT2D eigenvalue weighted by Gasteiger charge is 2.23. The summed E-state index contributed by atoms with van der Waals surface area (Å²) in [5.74, 6) is 0.782. The third kappa shape index (κ3) is 2.81. The minimum Gasteiger partial charge on any atom is -0.393 e. The molecule has 6 nitrogen and oxygen atoms in total. The zero-order chi connectivity index (χ0) is 16.5. The number of carbonyl (C=O) groups is 1. The number of fused-ring (bicyclic) bond motifs is 1. The summed E-state index contributed by atoms with van der Waals surface area (Å²) in [6, 6.07) is 7.82. The second-order valence-corrected chi connectivity index (χ2v) is 6.71.